The van der Waals surface area contributed by atoms with E-state index < -0.39 is 70.6 Å². The first-order valence-electron chi connectivity index (χ1n) is 14.6. The number of amides is 3. The first-order valence-corrected chi connectivity index (χ1v) is 14.6. The number of hydrogen-bond donors (Lipinski definition) is 2. The molecule has 1 spiro atoms. The second kappa shape index (κ2) is 11.7. The Morgan fingerprint density at radius 2 is 1.82 bits per heavy atom. The molecule has 3 atom stereocenters. The molecular formula is C32H31F3N4O6. The summed E-state index contributed by atoms with van der Waals surface area (Å²) in [6.07, 6.45) is 2.42. The minimum absolute atomic E-state index is 0.0672. The van der Waals surface area contributed by atoms with Gasteiger partial charge in [-0.3, -0.25) is 19.2 Å². The van der Waals surface area contributed by atoms with Gasteiger partial charge in [0.1, 0.15) is 36.4 Å². The number of fused-ring (bicyclic) bond motifs is 5. The number of halogens is 3. The Hall–Kier alpha value is -4.65. The van der Waals surface area contributed by atoms with Crippen molar-refractivity contribution in [1.82, 2.24) is 19.7 Å². The normalized spacial score (nSPS) is 22.4. The average molecular weight is 625 g/mol. The van der Waals surface area contributed by atoms with Gasteiger partial charge < -0.3 is 29.5 Å². The van der Waals surface area contributed by atoms with E-state index in [1.165, 1.54) is 15.7 Å². The lowest BCUT2D eigenvalue weighted by Gasteiger charge is -2.43. The number of likely N-dealkylation sites (tertiary alicyclic amines) is 1. The van der Waals surface area contributed by atoms with Gasteiger partial charge in [-0.2, -0.15) is 0 Å². The Morgan fingerprint density at radius 3 is 2.49 bits per heavy atom. The van der Waals surface area contributed by atoms with E-state index in [2.05, 4.69) is 5.32 Å². The van der Waals surface area contributed by atoms with Gasteiger partial charge in [-0.25, -0.2) is 13.2 Å². The zero-order valence-electron chi connectivity index (χ0n) is 24.4. The molecule has 2 fully saturated rings. The zero-order valence-corrected chi connectivity index (χ0v) is 24.4. The molecule has 0 radical (unpaired) electrons. The number of aromatic nitrogens is 1. The highest BCUT2D eigenvalue weighted by Crippen LogP contribution is 2.50. The predicted molar refractivity (Wildman–Crippen MR) is 154 cm³/mol. The molecule has 0 saturated carbocycles. The molecule has 1 aromatic heterocycles. The molecule has 13 heteroatoms. The molecule has 2 aromatic carbocycles. The number of nitrogens with zero attached hydrogens (tertiary/aromatic N) is 3. The van der Waals surface area contributed by atoms with Crippen molar-refractivity contribution in [2.45, 2.75) is 51.4 Å². The summed E-state index contributed by atoms with van der Waals surface area (Å²) in [6.45, 7) is 1.03. The maximum Gasteiger partial charge on any atom is 0.274 e. The molecule has 10 nitrogen and oxygen atoms in total. The number of aliphatic hydroxyl groups is 1. The third-order valence-corrected chi connectivity index (χ3v) is 9.19. The SMILES string of the molecule is C[C@H]1CC[C@]2(CC(=O)N(CO)C2)[C@H]2CN1C(=O)c1c(OCc3ccccc3)c(=O)c(C(=O)NCc3c(F)cc(F)cc3F)cn12. The molecule has 2 N–H and O–H groups in total. The molecule has 2 bridgehead atoms. The van der Waals surface area contributed by atoms with Crippen molar-refractivity contribution in [1.29, 1.82) is 0 Å². The number of aliphatic hydroxyl groups excluding tert-OH is 1. The van der Waals surface area contributed by atoms with E-state index in [-0.39, 0.29) is 49.5 Å². The lowest BCUT2D eigenvalue weighted by atomic mass is 9.75. The molecule has 6 rings (SSSR count). The maximum atomic E-state index is 14.3. The molecule has 3 aromatic rings. The predicted octanol–water partition coefficient (Wildman–Crippen LogP) is 3.12. The van der Waals surface area contributed by atoms with Crippen LogP contribution in [-0.4, -0.2) is 63.1 Å². The van der Waals surface area contributed by atoms with Crippen molar-refractivity contribution in [3.63, 3.8) is 0 Å². The molecule has 4 heterocycles. The van der Waals surface area contributed by atoms with Crippen molar-refractivity contribution in [2.24, 2.45) is 5.41 Å². The number of carbonyl (C=O) groups excluding carboxylic acids is 3. The standard InChI is InChI=1S/C32H31F3N4O6/c1-18-7-8-32(11-26(41)37(16-32)17-40)25-14-38(18)31(44)27-29(45-15-19-5-3-2-4-6-19)28(42)22(13-39(25)27)30(43)36-12-21-23(34)9-20(33)10-24(21)35/h2-6,9-10,13,18,25,40H,7-8,11-12,14-17H2,1H3,(H,36,43)/t18-,25+,32+/m0/s1. The molecule has 3 amide bonds. The number of nitrogens with one attached hydrogen (secondary N) is 1. The molecule has 236 valence electrons. The van der Waals surface area contributed by atoms with Gasteiger partial charge in [-0.05, 0) is 25.3 Å². The van der Waals surface area contributed by atoms with Gasteiger partial charge in [0, 0.05) is 61.4 Å². The van der Waals surface area contributed by atoms with Gasteiger partial charge in [0.2, 0.25) is 11.3 Å². The fourth-order valence-electron chi connectivity index (χ4n) is 6.73. The lowest BCUT2D eigenvalue weighted by Crippen LogP contribution is -2.51. The number of ether oxygens (including phenoxy) is 1. The van der Waals surface area contributed by atoms with Gasteiger partial charge in [0.15, 0.2) is 11.4 Å². The number of carbonyl (C=O) groups is 3. The second-order valence-electron chi connectivity index (χ2n) is 11.9. The second-order valence-corrected chi connectivity index (χ2v) is 11.9. The number of rotatable bonds is 7. The number of benzene rings is 2. The van der Waals surface area contributed by atoms with Crippen LogP contribution in [-0.2, 0) is 17.9 Å². The molecule has 3 aliphatic rings. The van der Waals surface area contributed by atoms with Gasteiger partial charge in [0.05, 0.1) is 6.04 Å². The van der Waals surface area contributed by atoms with E-state index in [4.69, 9.17) is 4.74 Å². The average Bonchev–Trinajstić information content (AvgIpc) is 3.28. The quantitative estimate of drug-likeness (QED) is 0.417. The van der Waals surface area contributed by atoms with Crippen LogP contribution in [0.5, 0.6) is 5.75 Å². The van der Waals surface area contributed by atoms with Crippen molar-refractivity contribution < 1.29 is 37.4 Å². The van der Waals surface area contributed by atoms with Crippen LogP contribution in [0.15, 0.2) is 53.5 Å². The third kappa shape index (κ3) is 5.34. The first-order chi connectivity index (χ1) is 21.5. The Kier molecular flexibility index (Phi) is 7.89. The fraction of sp³-hybridized carbons (Fsp3) is 0.375. The summed E-state index contributed by atoms with van der Waals surface area (Å²) in [6, 6.07) is 9.05. The largest absolute Gasteiger partial charge is 0.483 e. The van der Waals surface area contributed by atoms with Crippen LogP contribution in [0.1, 0.15) is 64.2 Å². The van der Waals surface area contributed by atoms with Crippen molar-refractivity contribution >= 4 is 17.7 Å². The van der Waals surface area contributed by atoms with Gasteiger partial charge in [-0.15, -0.1) is 0 Å². The maximum absolute atomic E-state index is 14.3. The molecule has 45 heavy (non-hydrogen) atoms. The Balaban J connectivity index is 1.47. The van der Waals surface area contributed by atoms with Crippen molar-refractivity contribution in [2.75, 3.05) is 19.8 Å². The monoisotopic (exact) mass is 624 g/mol. The minimum atomic E-state index is -1.21. The van der Waals surface area contributed by atoms with Gasteiger partial charge in [-0.1, -0.05) is 30.3 Å². The highest BCUT2D eigenvalue weighted by atomic mass is 19.1. The lowest BCUT2D eigenvalue weighted by molar-refractivity contribution is -0.130. The topological polar surface area (TPSA) is 121 Å². The first kappa shape index (κ1) is 30.4. The van der Waals surface area contributed by atoms with Crippen LogP contribution in [0.4, 0.5) is 13.2 Å². The van der Waals surface area contributed by atoms with Crippen molar-refractivity contribution in [3.8, 4) is 5.75 Å². The molecule has 2 saturated heterocycles. The van der Waals surface area contributed by atoms with Crippen LogP contribution >= 0.6 is 0 Å². The molecule has 3 aliphatic heterocycles. The summed E-state index contributed by atoms with van der Waals surface area (Å²) in [5, 5.41) is 12.2. The number of pyridine rings is 1. The third-order valence-electron chi connectivity index (χ3n) is 9.19. The Morgan fingerprint density at radius 1 is 1.11 bits per heavy atom. The minimum Gasteiger partial charge on any atom is -0.483 e. The van der Waals surface area contributed by atoms with Gasteiger partial charge >= 0.3 is 0 Å². The van der Waals surface area contributed by atoms with E-state index in [1.54, 1.807) is 35.2 Å². The van der Waals surface area contributed by atoms with Crippen LogP contribution in [0.3, 0.4) is 0 Å². The molecular weight excluding hydrogens is 593 g/mol. The number of hydrogen-bond acceptors (Lipinski definition) is 6. The van der Waals surface area contributed by atoms with Gasteiger partial charge in [0.25, 0.3) is 11.8 Å². The Bertz CT molecular complexity index is 1730. The van der Waals surface area contributed by atoms with E-state index in [9.17, 15) is 37.5 Å². The van der Waals surface area contributed by atoms with Crippen LogP contribution in [0, 0.1) is 22.9 Å². The summed E-state index contributed by atoms with van der Waals surface area (Å²) in [5.74, 6) is -5.61. The Labute approximate surface area is 256 Å². The van der Waals surface area contributed by atoms with E-state index >= 15 is 0 Å². The molecule has 0 unspecified atom stereocenters. The van der Waals surface area contributed by atoms with E-state index in [0.717, 1.165) is 0 Å². The summed E-state index contributed by atoms with van der Waals surface area (Å²) in [7, 11) is 0. The highest BCUT2D eigenvalue weighted by Gasteiger charge is 2.54. The zero-order chi connectivity index (χ0) is 32.0. The summed E-state index contributed by atoms with van der Waals surface area (Å²) < 4.78 is 49.6. The smallest absolute Gasteiger partial charge is 0.274 e. The van der Waals surface area contributed by atoms with Crippen LogP contribution in [0.2, 0.25) is 0 Å². The van der Waals surface area contributed by atoms with E-state index in [0.29, 0.717) is 30.5 Å². The summed E-state index contributed by atoms with van der Waals surface area (Å²) in [4.78, 5) is 57.3. The summed E-state index contributed by atoms with van der Waals surface area (Å²) >= 11 is 0. The molecule has 0 aliphatic carbocycles. The highest BCUT2D eigenvalue weighted by molar-refractivity contribution is 5.99. The fourth-order valence-corrected chi connectivity index (χ4v) is 6.73. The van der Waals surface area contributed by atoms with Crippen LogP contribution in [0.25, 0.3) is 0 Å². The summed E-state index contributed by atoms with van der Waals surface area (Å²) in [5.41, 5.74) is -2.05. The van der Waals surface area contributed by atoms with E-state index in [1.807, 2.05) is 6.92 Å². The van der Waals surface area contributed by atoms with Crippen LogP contribution < -0.4 is 15.5 Å². The van der Waals surface area contributed by atoms with Crippen molar-refractivity contribution in [3.05, 3.63) is 98.7 Å².